The molecule has 118 valence electrons. The summed E-state index contributed by atoms with van der Waals surface area (Å²) in [5.41, 5.74) is 7.77. The normalized spacial score (nSPS) is 40.0. The van der Waals surface area contributed by atoms with Gasteiger partial charge in [0, 0.05) is 12.4 Å². The van der Waals surface area contributed by atoms with Crippen LogP contribution in [0.2, 0.25) is 6.32 Å². The summed E-state index contributed by atoms with van der Waals surface area (Å²) in [5.74, 6) is 1.41. The average Bonchev–Trinajstić information content (AvgIpc) is 2.83. The molecule has 0 radical (unpaired) electrons. The summed E-state index contributed by atoms with van der Waals surface area (Å²) in [6.07, 6.45) is 3.41. The van der Waals surface area contributed by atoms with Crippen LogP contribution in [0.3, 0.4) is 0 Å². The Hall–Kier alpha value is -0.835. The molecule has 1 aliphatic heterocycles. The minimum Gasteiger partial charge on any atom is -0.405 e. The van der Waals surface area contributed by atoms with Crippen molar-refractivity contribution >= 4 is 7.12 Å². The highest BCUT2D eigenvalue weighted by atomic mass is 16.7. The molecule has 3 nitrogen and oxygen atoms in total. The van der Waals surface area contributed by atoms with Crippen LogP contribution in [0.5, 0.6) is 0 Å². The van der Waals surface area contributed by atoms with Gasteiger partial charge in [0.2, 0.25) is 0 Å². The molecule has 0 aromatic heterocycles. The molecular formula is C18H26BNO2. The smallest absolute Gasteiger partial charge is 0.405 e. The molecule has 1 heterocycles. The van der Waals surface area contributed by atoms with Crippen molar-refractivity contribution < 1.29 is 9.31 Å². The Morgan fingerprint density at radius 2 is 1.95 bits per heavy atom. The fraction of sp³-hybridized carbons (Fsp3) is 0.667. The molecule has 3 saturated carbocycles. The van der Waals surface area contributed by atoms with Gasteiger partial charge in [-0.2, -0.15) is 0 Å². The van der Waals surface area contributed by atoms with Crippen LogP contribution in [-0.2, 0) is 9.31 Å². The lowest BCUT2D eigenvalue weighted by Gasteiger charge is -2.64. The van der Waals surface area contributed by atoms with Crippen molar-refractivity contribution in [1.29, 1.82) is 0 Å². The minimum atomic E-state index is -0.166. The van der Waals surface area contributed by atoms with Gasteiger partial charge in [-0.1, -0.05) is 44.2 Å². The van der Waals surface area contributed by atoms with Crippen molar-refractivity contribution in [2.45, 2.75) is 57.7 Å². The molecule has 0 amide bonds. The Kier molecular flexibility index (Phi) is 3.23. The molecule has 4 aliphatic rings. The van der Waals surface area contributed by atoms with Crippen molar-refractivity contribution in [3.8, 4) is 0 Å². The monoisotopic (exact) mass is 299 g/mol. The topological polar surface area (TPSA) is 44.5 Å². The fourth-order valence-corrected chi connectivity index (χ4v) is 5.10. The Balaban J connectivity index is 1.47. The quantitative estimate of drug-likeness (QED) is 0.870. The van der Waals surface area contributed by atoms with E-state index in [-0.39, 0.29) is 24.9 Å². The molecule has 1 aromatic rings. The molecule has 2 N–H and O–H groups in total. The van der Waals surface area contributed by atoms with E-state index in [1.54, 1.807) is 0 Å². The standard InChI is InChI=1S/C18H26BNO2/c1-17(2)13-9-15(17)18(3)16(10-13)21-19(22-18)11-14(20)12-7-5-4-6-8-12/h4-8,13-16H,9-11,20H2,1-3H3/t13?,14-,15?,16?,18+/m0/s1. The van der Waals surface area contributed by atoms with Crippen LogP contribution in [0.1, 0.15) is 45.2 Å². The van der Waals surface area contributed by atoms with Crippen molar-refractivity contribution in [3.05, 3.63) is 35.9 Å². The third-order valence-corrected chi connectivity index (χ3v) is 6.68. The minimum absolute atomic E-state index is 0.0297. The molecule has 4 heteroatoms. The molecule has 3 unspecified atom stereocenters. The van der Waals surface area contributed by atoms with E-state index in [4.69, 9.17) is 15.0 Å². The van der Waals surface area contributed by atoms with E-state index < -0.39 is 0 Å². The second-order valence-corrected chi connectivity index (χ2v) is 8.15. The average molecular weight is 299 g/mol. The lowest BCUT2D eigenvalue weighted by Crippen LogP contribution is -2.65. The van der Waals surface area contributed by atoms with E-state index in [2.05, 4.69) is 32.9 Å². The summed E-state index contributed by atoms with van der Waals surface area (Å²) in [5, 5.41) is 0. The lowest BCUT2D eigenvalue weighted by atomic mass is 9.43. The summed E-state index contributed by atoms with van der Waals surface area (Å²) in [7, 11) is -0.166. The zero-order chi connectivity index (χ0) is 15.5. The number of hydrogen-bond acceptors (Lipinski definition) is 3. The molecule has 1 saturated heterocycles. The third-order valence-electron chi connectivity index (χ3n) is 6.68. The molecule has 5 atom stereocenters. The van der Waals surface area contributed by atoms with E-state index in [9.17, 15) is 0 Å². The first kappa shape index (κ1) is 14.7. The highest BCUT2D eigenvalue weighted by Crippen LogP contribution is 2.65. The Morgan fingerprint density at radius 3 is 2.64 bits per heavy atom. The maximum absolute atomic E-state index is 6.43. The first-order valence-electron chi connectivity index (χ1n) is 8.55. The summed E-state index contributed by atoms with van der Waals surface area (Å²) in [6.45, 7) is 7.03. The second-order valence-electron chi connectivity index (χ2n) is 8.15. The van der Waals surface area contributed by atoms with Crippen molar-refractivity contribution in [2.75, 3.05) is 0 Å². The van der Waals surface area contributed by atoms with Gasteiger partial charge < -0.3 is 15.0 Å². The highest BCUT2D eigenvalue weighted by molar-refractivity contribution is 6.45. The van der Waals surface area contributed by atoms with Gasteiger partial charge in [0.1, 0.15) is 0 Å². The maximum atomic E-state index is 6.43. The van der Waals surface area contributed by atoms with E-state index in [1.807, 2.05) is 18.2 Å². The second kappa shape index (κ2) is 4.83. The van der Waals surface area contributed by atoms with Gasteiger partial charge in [-0.25, -0.2) is 0 Å². The summed E-state index contributed by atoms with van der Waals surface area (Å²) in [4.78, 5) is 0. The number of nitrogens with two attached hydrogens (primary N) is 1. The Bertz CT molecular complexity index is 563. The van der Waals surface area contributed by atoms with Gasteiger partial charge in [-0.05, 0) is 42.6 Å². The fourth-order valence-electron chi connectivity index (χ4n) is 5.10. The molecule has 5 rings (SSSR count). The van der Waals surface area contributed by atoms with E-state index >= 15 is 0 Å². The van der Waals surface area contributed by atoms with Crippen LogP contribution >= 0.6 is 0 Å². The highest BCUT2D eigenvalue weighted by Gasteiger charge is 2.67. The molecular weight excluding hydrogens is 273 g/mol. The number of benzene rings is 1. The van der Waals surface area contributed by atoms with E-state index in [0.717, 1.165) is 24.2 Å². The first-order chi connectivity index (χ1) is 10.4. The van der Waals surface area contributed by atoms with Crippen LogP contribution in [0.15, 0.2) is 30.3 Å². The van der Waals surface area contributed by atoms with Gasteiger partial charge in [-0.3, -0.25) is 0 Å². The van der Waals surface area contributed by atoms with Crippen LogP contribution in [0.25, 0.3) is 0 Å². The molecule has 1 aromatic carbocycles. The molecule has 4 fully saturated rings. The van der Waals surface area contributed by atoms with E-state index in [1.165, 1.54) is 6.42 Å². The van der Waals surface area contributed by atoms with Gasteiger partial charge in [0.05, 0.1) is 11.7 Å². The van der Waals surface area contributed by atoms with Crippen LogP contribution in [-0.4, -0.2) is 18.8 Å². The SMILES string of the molecule is CC1(C)C2CC3OB(C[C@H](N)c4ccccc4)O[C@]3(C)C1C2. The van der Waals surface area contributed by atoms with Gasteiger partial charge in [-0.15, -0.1) is 0 Å². The van der Waals surface area contributed by atoms with E-state index in [0.29, 0.717) is 11.3 Å². The third kappa shape index (κ3) is 2.00. The van der Waals surface area contributed by atoms with Crippen molar-refractivity contribution in [2.24, 2.45) is 23.0 Å². The van der Waals surface area contributed by atoms with Gasteiger partial charge >= 0.3 is 7.12 Å². The zero-order valence-corrected chi connectivity index (χ0v) is 13.8. The van der Waals surface area contributed by atoms with Crippen molar-refractivity contribution in [3.63, 3.8) is 0 Å². The Labute approximate surface area is 133 Å². The Morgan fingerprint density at radius 1 is 1.23 bits per heavy atom. The van der Waals surface area contributed by atoms with Crippen LogP contribution in [0, 0.1) is 17.3 Å². The lowest BCUT2D eigenvalue weighted by molar-refractivity contribution is -0.199. The van der Waals surface area contributed by atoms with Gasteiger partial charge in [0.25, 0.3) is 0 Å². The first-order valence-corrected chi connectivity index (χ1v) is 8.55. The number of rotatable bonds is 3. The molecule has 22 heavy (non-hydrogen) atoms. The van der Waals surface area contributed by atoms with Crippen LogP contribution < -0.4 is 5.73 Å². The summed E-state index contributed by atoms with van der Waals surface area (Å²) in [6, 6.07) is 10.2. The largest absolute Gasteiger partial charge is 0.459 e. The van der Waals surface area contributed by atoms with Crippen molar-refractivity contribution in [1.82, 2.24) is 0 Å². The van der Waals surface area contributed by atoms with Gasteiger partial charge in [0.15, 0.2) is 0 Å². The molecule has 2 bridgehead atoms. The predicted molar refractivity (Wildman–Crippen MR) is 88.3 cm³/mol. The number of hydrogen-bond donors (Lipinski definition) is 1. The molecule has 3 aliphatic carbocycles. The maximum Gasteiger partial charge on any atom is 0.459 e. The summed E-state index contributed by atoms with van der Waals surface area (Å²) < 4.78 is 12.7. The zero-order valence-electron chi connectivity index (χ0n) is 13.8. The summed E-state index contributed by atoms with van der Waals surface area (Å²) >= 11 is 0. The van der Waals surface area contributed by atoms with Crippen LogP contribution in [0.4, 0.5) is 0 Å². The molecule has 0 spiro atoms. The predicted octanol–water partition coefficient (Wildman–Crippen LogP) is 3.41.